The number of methoxy groups -OCH3 is 1. The molecular formula is C12H20N2OS. The van der Waals surface area contributed by atoms with Crippen LogP contribution in [0.1, 0.15) is 19.3 Å². The molecule has 0 fully saturated rings. The van der Waals surface area contributed by atoms with Gasteiger partial charge in [0.15, 0.2) is 0 Å². The quantitative estimate of drug-likeness (QED) is 0.708. The van der Waals surface area contributed by atoms with Gasteiger partial charge in [0, 0.05) is 12.6 Å². The standard InChI is InChI=1S/C12H20N2OS/c1-15-12-8-6-7-11(14-12)13-9-4-3-5-10-16-2/h6-8H,3-5,9-10H2,1-2H3,(H,13,14). The van der Waals surface area contributed by atoms with Crippen LogP contribution in [0.5, 0.6) is 5.88 Å². The number of unbranched alkanes of at least 4 members (excludes halogenated alkanes) is 2. The molecule has 0 aliphatic heterocycles. The fourth-order valence-corrected chi connectivity index (χ4v) is 1.88. The largest absolute Gasteiger partial charge is 0.481 e. The van der Waals surface area contributed by atoms with Crippen LogP contribution in [-0.4, -0.2) is 30.6 Å². The monoisotopic (exact) mass is 240 g/mol. The highest BCUT2D eigenvalue weighted by Crippen LogP contribution is 2.10. The fourth-order valence-electron chi connectivity index (χ4n) is 1.39. The Kier molecular flexibility index (Phi) is 6.81. The molecule has 0 saturated heterocycles. The van der Waals surface area contributed by atoms with Crippen molar-refractivity contribution in [1.29, 1.82) is 0 Å². The summed E-state index contributed by atoms with van der Waals surface area (Å²) in [6, 6.07) is 5.76. The highest BCUT2D eigenvalue weighted by atomic mass is 32.2. The van der Waals surface area contributed by atoms with Crippen molar-refractivity contribution in [2.45, 2.75) is 19.3 Å². The van der Waals surface area contributed by atoms with Crippen LogP contribution in [0.4, 0.5) is 5.82 Å². The van der Waals surface area contributed by atoms with Crippen molar-refractivity contribution >= 4 is 17.6 Å². The van der Waals surface area contributed by atoms with Gasteiger partial charge in [0.25, 0.3) is 0 Å². The molecule has 1 heterocycles. The van der Waals surface area contributed by atoms with E-state index < -0.39 is 0 Å². The number of aromatic nitrogens is 1. The lowest BCUT2D eigenvalue weighted by Crippen LogP contribution is -2.03. The Labute approximate surface area is 102 Å². The third kappa shape index (κ3) is 5.26. The van der Waals surface area contributed by atoms with Gasteiger partial charge in [-0.25, -0.2) is 0 Å². The van der Waals surface area contributed by atoms with E-state index in [2.05, 4.69) is 16.6 Å². The minimum atomic E-state index is 0.660. The number of hydrogen-bond donors (Lipinski definition) is 1. The number of hydrogen-bond acceptors (Lipinski definition) is 4. The highest BCUT2D eigenvalue weighted by molar-refractivity contribution is 7.98. The van der Waals surface area contributed by atoms with Crippen LogP contribution >= 0.6 is 11.8 Å². The molecule has 0 bridgehead atoms. The zero-order chi connectivity index (χ0) is 11.6. The number of nitrogens with one attached hydrogen (secondary N) is 1. The van der Waals surface area contributed by atoms with Gasteiger partial charge in [-0.05, 0) is 30.9 Å². The van der Waals surface area contributed by atoms with Gasteiger partial charge in [0.05, 0.1) is 7.11 Å². The second-order valence-electron chi connectivity index (χ2n) is 3.55. The number of thioether (sulfide) groups is 1. The summed E-state index contributed by atoms with van der Waals surface area (Å²) in [6.45, 7) is 0.981. The van der Waals surface area contributed by atoms with Crippen molar-refractivity contribution < 1.29 is 4.74 Å². The van der Waals surface area contributed by atoms with Crippen molar-refractivity contribution in [1.82, 2.24) is 4.98 Å². The summed E-state index contributed by atoms with van der Waals surface area (Å²) in [6.07, 6.45) is 5.92. The maximum absolute atomic E-state index is 5.06. The summed E-state index contributed by atoms with van der Waals surface area (Å²) >= 11 is 1.91. The zero-order valence-electron chi connectivity index (χ0n) is 10.0. The predicted molar refractivity (Wildman–Crippen MR) is 71.5 cm³/mol. The first kappa shape index (κ1) is 13.2. The second-order valence-corrected chi connectivity index (χ2v) is 4.53. The maximum Gasteiger partial charge on any atom is 0.214 e. The number of ether oxygens (including phenoxy) is 1. The van der Waals surface area contributed by atoms with Gasteiger partial charge in [0.2, 0.25) is 5.88 Å². The SMILES string of the molecule is COc1cccc(NCCCCCSC)n1. The summed E-state index contributed by atoms with van der Waals surface area (Å²) in [7, 11) is 1.63. The lowest BCUT2D eigenvalue weighted by atomic mass is 10.2. The lowest BCUT2D eigenvalue weighted by molar-refractivity contribution is 0.398. The first-order chi connectivity index (χ1) is 7.86. The molecule has 0 radical (unpaired) electrons. The molecule has 4 heteroatoms. The molecule has 0 amide bonds. The van der Waals surface area contributed by atoms with E-state index in [0.29, 0.717) is 5.88 Å². The highest BCUT2D eigenvalue weighted by Gasteiger charge is 1.96. The second kappa shape index (κ2) is 8.28. The van der Waals surface area contributed by atoms with E-state index in [1.807, 2.05) is 30.0 Å². The van der Waals surface area contributed by atoms with Crippen LogP contribution in [0, 0.1) is 0 Å². The fraction of sp³-hybridized carbons (Fsp3) is 0.583. The third-order valence-electron chi connectivity index (χ3n) is 2.26. The minimum Gasteiger partial charge on any atom is -0.481 e. The maximum atomic E-state index is 5.06. The summed E-state index contributed by atoms with van der Waals surface area (Å²) in [5.41, 5.74) is 0. The van der Waals surface area contributed by atoms with E-state index in [1.54, 1.807) is 7.11 Å². The molecule has 0 saturated carbocycles. The minimum absolute atomic E-state index is 0.660. The molecule has 0 spiro atoms. The van der Waals surface area contributed by atoms with E-state index in [9.17, 15) is 0 Å². The van der Waals surface area contributed by atoms with Gasteiger partial charge in [0.1, 0.15) is 5.82 Å². The number of rotatable bonds is 8. The lowest BCUT2D eigenvalue weighted by Gasteiger charge is -2.06. The summed E-state index contributed by atoms with van der Waals surface area (Å²) in [5.74, 6) is 2.81. The van der Waals surface area contributed by atoms with Gasteiger partial charge in [-0.1, -0.05) is 12.5 Å². The molecule has 1 rings (SSSR count). The van der Waals surface area contributed by atoms with Gasteiger partial charge >= 0.3 is 0 Å². The molecule has 0 atom stereocenters. The predicted octanol–water partition coefficient (Wildman–Crippen LogP) is 3.04. The van der Waals surface area contributed by atoms with Gasteiger partial charge in [-0.3, -0.25) is 0 Å². The Morgan fingerprint density at radius 1 is 1.31 bits per heavy atom. The molecule has 1 N–H and O–H groups in total. The van der Waals surface area contributed by atoms with E-state index in [-0.39, 0.29) is 0 Å². The molecule has 0 unspecified atom stereocenters. The average molecular weight is 240 g/mol. The molecule has 0 aliphatic rings. The van der Waals surface area contributed by atoms with E-state index >= 15 is 0 Å². The third-order valence-corrected chi connectivity index (χ3v) is 2.96. The van der Waals surface area contributed by atoms with Crippen LogP contribution in [0.2, 0.25) is 0 Å². The van der Waals surface area contributed by atoms with Gasteiger partial charge in [-0.15, -0.1) is 0 Å². The molecule has 0 aliphatic carbocycles. The van der Waals surface area contributed by atoms with Crippen molar-refractivity contribution in [2.75, 3.05) is 31.0 Å². The number of anilines is 1. The first-order valence-electron chi connectivity index (χ1n) is 5.60. The number of pyridine rings is 1. The van der Waals surface area contributed by atoms with Crippen molar-refractivity contribution in [3.8, 4) is 5.88 Å². The Morgan fingerprint density at radius 3 is 2.94 bits per heavy atom. The molecular weight excluding hydrogens is 220 g/mol. The zero-order valence-corrected chi connectivity index (χ0v) is 10.8. The Balaban J connectivity index is 2.16. The van der Waals surface area contributed by atoms with Crippen LogP contribution in [-0.2, 0) is 0 Å². The summed E-state index contributed by atoms with van der Waals surface area (Å²) < 4.78 is 5.06. The van der Waals surface area contributed by atoms with E-state index in [0.717, 1.165) is 12.4 Å². The first-order valence-corrected chi connectivity index (χ1v) is 7.00. The Morgan fingerprint density at radius 2 is 2.19 bits per heavy atom. The average Bonchev–Trinajstić information content (AvgIpc) is 2.34. The molecule has 1 aromatic rings. The smallest absolute Gasteiger partial charge is 0.214 e. The molecule has 3 nitrogen and oxygen atoms in total. The molecule has 16 heavy (non-hydrogen) atoms. The van der Waals surface area contributed by atoms with Crippen LogP contribution in [0.15, 0.2) is 18.2 Å². The molecule has 90 valence electrons. The van der Waals surface area contributed by atoms with Gasteiger partial charge in [-0.2, -0.15) is 16.7 Å². The molecule has 1 aromatic heterocycles. The van der Waals surface area contributed by atoms with E-state index in [4.69, 9.17) is 4.74 Å². The Hall–Kier alpha value is -0.900. The number of nitrogens with zero attached hydrogens (tertiary/aromatic N) is 1. The molecule has 0 aromatic carbocycles. The van der Waals surface area contributed by atoms with Crippen LogP contribution in [0.25, 0.3) is 0 Å². The van der Waals surface area contributed by atoms with Crippen molar-refractivity contribution in [2.24, 2.45) is 0 Å². The Bertz CT molecular complexity index is 294. The van der Waals surface area contributed by atoms with Crippen LogP contribution in [0.3, 0.4) is 0 Å². The van der Waals surface area contributed by atoms with Crippen molar-refractivity contribution in [3.63, 3.8) is 0 Å². The normalized spacial score (nSPS) is 10.1. The summed E-state index contributed by atoms with van der Waals surface area (Å²) in [4.78, 5) is 4.29. The van der Waals surface area contributed by atoms with Gasteiger partial charge < -0.3 is 10.1 Å². The van der Waals surface area contributed by atoms with Crippen LogP contribution < -0.4 is 10.1 Å². The van der Waals surface area contributed by atoms with E-state index in [1.165, 1.54) is 25.0 Å². The topological polar surface area (TPSA) is 34.1 Å². The summed E-state index contributed by atoms with van der Waals surface area (Å²) in [5, 5.41) is 3.30. The van der Waals surface area contributed by atoms with Crippen molar-refractivity contribution in [3.05, 3.63) is 18.2 Å².